The van der Waals surface area contributed by atoms with E-state index in [1.807, 2.05) is 0 Å². The number of nitrogens with one attached hydrogen (secondary N) is 1. The Balaban J connectivity index is 2.60. The van der Waals surface area contributed by atoms with Crippen molar-refractivity contribution in [3.8, 4) is 0 Å². The van der Waals surface area contributed by atoms with E-state index in [2.05, 4.69) is 11.6 Å². The van der Waals surface area contributed by atoms with Crippen molar-refractivity contribution in [1.82, 2.24) is 4.72 Å². The molecule has 0 saturated carbocycles. The van der Waals surface area contributed by atoms with Crippen LogP contribution in [0.25, 0.3) is 0 Å². The van der Waals surface area contributed by atoms with Crippen molar-refractivity contribution < 1.29 is 17.9 Å². The highest BCUT2D eigenvalue weighted by atomic mass is 32.2. The van der Waals surface area contributed by atoms with Gasteiger partial charge in [0.25, 0.3) is 0 Å². The second-order valence-corrected chi connectivity index (χ2v) is 6.44. The Hall–Kier alpha value is -1.24. The first kappa shape index (κ1) is 17.8. The highest BCUT2D eigenvalue weighted by Crippen LogP contribution is 2.12. The summed E-state index contributed by atoms with van der Waals surface area (Å²) in [6.45, 7) is 5.01. The number of sulfonamides is 1. The molecule has 0 aliphatic rings. The largest absolute Gasteiger partial charge is 0.380 e. The Bertz CT molecular complexity index is 555. The zero-order valence-electron chi connectivity index (χ0n) is 12.6. The summed E-state index contributed by atoms with van der Waals surface area (Å²) >= 11 is 0. The number of hydrogen-bond acceptors (Lipinski definition) is 4. The van der Waals surface area contributed by atoms with Crippen molar-refractivity contribution in [2.75, 3.05) is 19.8 Å². The van der Waals surface area contributed by atoms with Gasteiger partial charge in [0, 0.05) is 25.1 Å². The van der Waals surface area contributed by atoms with Crippen LogP contribution in [0.5, 0.6) is 0 Å². The summed E-state index contributed by atoms with van der Waals surface area (Å²) in [5, 5.41) is 0. The predicted molar refractivity (Wildman–Crippen MR) is 82.0 cm³/mol. The molecule has 0 bridgehead atoms. The lowest BCUT2D eigenvalue weighted by Gasteiger charge is -2.08. The summed E-state index contributed by atoms with van der Waals surface area (Å²) in [5.41, 5.74) is 0.416. The molecule has 0 aliphatic heterocycles. The van der Waals surface area contributed by atoms with E-state index < -0.39 is 10.0 Å². The van der Waals surface area contributed by atoms with Crippen LogP contribution in [-0.2, 0) is 14.8 Å². The van der Waals surface area contributed by atoms with Crippen LogP contribution >= 0.6 is 0 Å². The second-order valence-electron chi connectivity index (χ2n) is 4.67. The number of hydrogen-bond donors (Lipinski definition) is 1. The molecule has 118 valence electrons. The molecule has 0 unspecified atom stereocenters. The van der Waals surface area contributed by atoms with Gasteiger partial charge in [-0.3, -0.25) is 4.79 Å². The van der Waals surface area contributed by atoms with Crippen LogP contribution in [-0.4, -0.2) is 34.0 Å². The van der Waals surface area contributed by atoms with E-state index in [0.29, 0.717) is 25.2 Å². The van der Waals surface area contributed by atoms with Gasteiger partial charge in [-0.15, -0.1) is 0 Å². The molecule has 0 aromatic heterocycles. The highest BCUT2D eigenvalue weighted by molar-refractivity contribution is 7.89. The molecule has 0 aliphatic carbocycles. The van der Waals surface area contributed by atoms with Crippen LogP contribution in [0, 0.1) is 0 Å². The van der Waals surface area contributed by atoms with Crippen LogP contribution < -0.4 is 4.72 Å². The number of carbonyl (C=O) groups excluding carboxylic acids is 1. The molecule has 1 rings (SSSR count). The Morgan fingerprint density at radius 1 is 1.24 bits per heavy atom. The standard InChI is InChI=1S/C15H23NO4S/c1-3-5-10-20-11-9-16-21(18,19)14-8-6-7-13(12-14)15(17)4-2/h6-8,12,16H,3-5,9-11H2,1-2H3. The Morgan fingerprint density at radius 3 is 2.67 bits per heavy atom. The average molecular weight is 313 g/mol. The Morgan fingerprint density at radius 2 is 2.00 bits per heavy atom. The minimum atomic E-state index is -3.60. The molecule has 0 heterocycles. The van der Waals surface area contributed by atoms with Gasteiger partial charge < -0.3 is 4.74 Å². The number of unbranched alkanes of at least 4 members (excludes halogenated alkanes) is 1. The number of rotatable bonds is 10. The van der Waals surface area contributed by atoms with E-state index in [0.717, 1.165) is 12.8 Å². The van der Waals surface area contributed by atoms with Gasteiger partial charge >= 0.3 is 0 Å². The van der Waals surface area contributed by atoms with Crippen molar-refractivity contribution in [3.63, 3.8) is 0 Å². The van der Waals surface area contributed by atoms with E-state index in [4.69, 9.17) is 4.74 Å². The number of ketones is 1. The minimum Gasteiger partial charge on any atom is -0.380 e. The summed E-state index contributed by atoms with van der Waals surface area (Å²) in [5.74, 6) is -0.0741. The molecule has 0 saturated heterocycles. The number of ether oxygens (including phenoxy) is 1. The van der Waals surface area contributed by atoms with Gasteiger partial charge in [-0.05, 0) is 18.6 Å². The fourth-order valence-electron chi connectivity index (χ4n) is 1.72. The SMILES string of the molecule is CCCCOCCNS(=O)(=O)c1cccc(C(=O)CC)c1. The molecule has 1 N–H and O–H groups in total. The van der Waals surface area contributed by atoms with Gasteiger partial charge in [0.15, 0.2) is 5.78 Å². The van der Waals surface area contributed by atoms with Crippen molar-refractivity contribution in [1.29, 1.82) is 0 Å². The van der Waals surface area contributed by atoms with Gasteiger partial charge in [0.2, 0.25) is 10.0 Å². The maximum absolute atomic E-state index is 12.1. The van der Waals surface area contributed by atoms with Gasteiger partial charge in [-0.2, -0.15) is 0 Å². The van der Waals surface area contributed by atoms with E-state index in [9.17, 15) is 13.2 Å². The third-order valence-corrected chi connectivity index (χ3v) is 4.43. The van der Waals surface area contributed by atoms with Crippen LogP contribution in [0.4, 0.5) is 0 Å². The molecular formula is C15H23NO4S. The van der Waals surface area contributed by atoms with E-state index in [1.165, 1.54) is 12.1 Å². The second kappa shape index (κ2) is 8.92. The van der Waals surface area contributed by atoms with Crippen LogP contribution in [0.2, 0.25) is 0 Å². The van der Waals surface area contributed by atoms with E-state index >= 15 is 0 Å². The summed E-state index contributed by atoms with van der Waals surface area (Å²) < 4.78 is 32.0. The number of benzene rings is 1. The van der Waals surface area contributed by atoms with Crippen LogP contribution in [0.3, 0.4) is 0 Å². The lowest BCUT2D eigenvalue weighted by molar-refractivity contribution is 0.0988. The highest BCUT2D eigenvalue weighted by Gasteiger charge is 2.15. The topological polar surface area (TPSA) is 72.5 Å². The quantitative estimate of drug-likeness (QED) is 0.532. The average Bonchev–Trinajstić information content (AvgIpc) is 2.50. The molecule has 0 atom stereocenters. The monoisotopic (exact) mass is 313 g/mol. The fraction of sp³-hybridized carbons (Fsp3) is 0.533. The minimum absolute atomic E-state index is 0.0741. The summed E-state index contributed by atoms with van der Waals surface area (Å²) in [4.78, 5) is 11.7. The van der Waals surface area contributed by atoms with Crippen molar-refractivity contribution >= 4 is 15.8 Å². The first-order chi connectivity index (χ1) is 10.0. The maximum atomic E-state index is 12.1. The first-order valence-electron chi connectivity index (χ1n) is 7.22. The molecular weight excluding hydrogens is 290 g/mol. The van der Waals surface area contributed by atoms with Gasteiger partial charge in [-0.25, -0.2) is 13.1 Å². The van der Waals surface area contributed by atoms with E-state index in [-0.39, 0.29) is 17.2 Å². The lowest BCUT2D eigenvalue weighted by Crippen LogP contribution is -2.27. The molecule has 21 heavy (non-hydrogen) atoms. The molecule has 6 heteroatoms. The summed E-state index contributed by atoms with van der Waals surface area (Å²) in [6.07, 6.45) is 2.36. The van der Waals surface area contributed by atoms with Crippen molar-refractivity contribution in [2.45, 2.75) is 38.0 Å². The molecule has 0 amide bonds. The normalized spacial score (nSPS) is 11.5. The molecule has 0 radical (unpaired) electrons. The molecule has 1 aromatic carbocycles. The Labute approximate surface area is 126 Å². The van der Waals surface area contributed by atoms with Crippen molar-refractivity contribution in [3.05, 3.63) is 29.8 Å². The Kier molecular flexibility index (Phi) is 7.56. The van der Waals surface area contributed by atoms with E-state index in [1.54, 1.807) is 19.1 Å². The van der Waals surface area contributed by atoms with Crippen molar-refractivity contribution in [2.24, 2.45) is 0 Å². The zero-order chi connectivity index (χ0) is 15.7. The van der Waals surface area contributed by atoms with Gasteiger partial charge in [-0.1, -0.05) is 32.4 Å². The number of carbonyl (C=O) groups is 1. The smallest absolute Gasteiger partial charge is 0.240 e. The summed E-state index contributed by atoms with van der Waals surface area (Å²) in [6, 6.07) is 6.09. The molecule has 0 spiro atoms. The fourth-order valence-corrected chi connectivity index (χ4v) is 2.78. The predicted octanol–water partition coefficient (Wildman–Crippen LogP) is 2.37. The van der Waals surface area contributed by atoms with Crippen LogP contribution in [0.1, 0.15) is 43.5 Å². The third-order valence-electron chi connectivity index (χ3n) is 2.97. The van der Waals surface area contributed by atoms with Gasteiger partial charge in [0.1, 0.15) is 0 Å². The molecule has 5 nitrogen and oxygen atoms in total. The summed E-state index contributed by atoms with van der Waals surface area (Å²) in [7, 11) is -3.60. The zero-order valence-corrected chi connectivity index (χ0v) is 13.4. The van der Waals surface area contributed by atoms with Gasteiger partial charge in [0.05, 0.1) is 11.5 Å². The third kappa shape index (κ3) is 5.95. The number of Topliss-reactive ketones (excluding diaryl/α,β-unsaturated/α-hetero) is 1. The van der Waals surface area contributed by atoms with Crippen LogP contribution in [0.15, 0.2) is 29.2 Å². The lowest BCUT2D eigenvalue weighted by atomic mass is 10.1. The maximum Gasteiger partial charge on any atom is 0.240 e. The molecule has 1 aromatic rings. The first-order valence-corrected chi connectivity index (χ1v) is 8.70. The molecule has 0 fully saturated rings.